The first-order chi connectivity index (χ1) is 9.93. The van der Waals surface area contributed by atoms with E-state index in [9.17, 15) is 0 Å². The number of benzene rings is 1. The third kappa shape index (κ3) is 3.62. The van der Waals surface area contributed by atoms with Crippen molar-refractivity contribution in [2.24, 2.45) is 0 Å². The molecule has 0 spiro atoms. The molecule has 0 bridgehead atoms. The fraction of sp³-hybridized carbons (Fsp3) is 0.667. The van der Waals surface area contributed by atoms with Crippen LogP contribution in [0.3, 0.4) is 0 Å². The third-order valence-electron chi connectivity index (χ3n) is 4.75. The summed E-state index contributed by atoms with van der Waals surface area (Å²) in [4.78, 5) is 0. The quantitative estimate of drug-likeness (QED) is 0.791. The van der Waals surface area contributed by atoms with Crippen LogP contribution in [0, 0.1) is 0 Å². The fourth-order valence-corrected chi connectivity index (χ4v) is 3.60. The van der Waals surface area contributed by atoms with Crippen LogP contribution in [0.25, 0.3) is 0 Å². The van der Waals surface area contributed by atoms with Crippen molar-refractivity contribution in [1.29, 1.82) is 0 Å². The Balaban J connectivity index is 1.32. The Bertz CT molecular complexity index is 412. The highest BCUT2D eigenvalue weighted by molar-refractivity contribution is 5.34. The van der Waals surface area contributed by atoms with Gasteiger partial charge in [-0.15, -0.1) is 0 Å². The van der Waals surface area contributed by atoms with E-state index in [1.807, 2.05) is 0 Å². The standard InChI is InChI=1S/C18H27NO/c1-2-8-16(9-3-1)20-14-6-13-19-18-12-11-15-7-4-5-10-17(15)18/h4-5,7,10,16,18-19H,1-3,6,8-9,11-14H2. The molecule has 2 nitrogen and oxygen atoms in total. The van der Waals surface area contributed by atoms with Crippen LogP contribution in [0.5, 0.6) is 0 Å². The van der Waals surface area contributed by atoms with Gasteiger partial charge in [0.15, 0.2) is 0 Å². The Kier molecular flexibility index (Phi) is 5.10. The van der Waals surface area contributed by atoms with E-state index in [1.165, 1.54) is 56.1 Å². The highest BCUT2D eigenvalue weighted by Gasteiger charge is 2.20. The highest BCUT2D eigenvalue weighted by Crippen LogP contribution is 2.30. The van der Waals surface area contributed by atoms with Gasteiger partial charge in [0.05, 0.1) is 6.10 Å². The molecule has 0 aliphatic heterocycles. The number of aryl methyl sites for hydroxylation is 1. The van der Waals surface area contributed by atoms with Crippen molar-refractivity contribution in [2.75, 3.05) is 13.2 Å². The highest BCUT2D eigenvalue weighted by atomic mass is 16.5. The van der Waals surface area contributed by atoms with E-state index in [1.54, 1.807) is 0 Å². The molecule has 0 amide bonds. The number of fused-ring (bicyclic) bond motifs is 1. The third-order valence-corrected chi connectivity index (χ3v) is 4.75. The molecule has 1 aromatic rings. The summed E-state index contributed by atoms with van der Waals surface area (Å²) in [6.07, 6.45) is 10.9. The van der Waals surface area contributed by atoms with Gasteiger partial charge in [0, 0.05) is 12.6 Å². The van der Waals surface area contributed by atoms with Crippen molar-refractivity contribution >= 4 is 0 Å². The van der Waals surface area contributed by atoms with Crippen LogP contribution in [0.4, 0.5) is 0 Å². The zero-order chi connectivity index (χ0) is 13.6. The van der Waals surface area contributed by atoms with E-state index in [0.717, 1.165) is 19.6 Å². The number of hydrogen-bond acceptors (Lipinski definition) is 2. The zero-order valence-corrected chi connectivity index (χ0v) is 12.4. The molecule has 1 atom stereocenters. The van der Waals surface area contributed by atoms with Crippen molar-refractivity contribution in [1.82, 2.24) is 5.32 Å². The van der Waals surface area contributed by atoms with Crippen molar-refractivity contribution in [2.45, 2.75) is 63.5 Å². The lowest BCUT2D eigenvalue weighted by Crippen LogP contribution is -2.23. The van der Waals surface area contributed by atoms with Crippen LogP contribution >= 0.6 is 0 Å². The number of rotatable bonds is 6. The Hall–Kier alpha value is -0.860. The number of ether oxygens (including phenoxy) is 1. The molecular weight excluding hydrogens is 246 g/mol. The molecule has 1 unspecified atom stereocenters. The van der Waals surface area contributed by atoms with Gasteiger partial charge in [0.2, 0.25) is 0 Å². The Morgan fingerprint density at radius 3 is 2.80 bits per heavy atom. The second-order valence-corrected chi connectivity index (χ2v) is 6.23. The number of hydrogen-bond donors (Lipinski definition) is 1. The van der Waals surface area contributed by atoms with Crippen LogP contribution in [0.2, 0.25) is 0 Å². The summed E-state index contributed by atoms with van der Waals surface area (Å²) in [7, 11) is 0. The monoisotopic (exact) mass is 273 g/mol. The summed E-state index contributed by atoms with van der Waals surface area (Å²) < 4.78 is 5.98. The molecule has 20 heavy (non-hydrogen) atoms. The molecule has 1 saturated carbocycles. The van der Waals surface area contributed by atoms with Crippen LogP contribution in [0.15, 0.2) is 24.3 Å². The first-order valence-corrected chi connectivity index (χ1v) is 8.36. The maximum absolute atomic E-state index is 5.98. The van der Waals surface area contributed by atoms with Gasteiger partial charge < -0.3 is 10.1 Å². The lowest BCUT2D eigenvalue weighted by molar-refractivity contribution is 0.0271. The molecule has 1 N–H and O–H groups in total. The van der Waals surface area contributed by atoms with Gasteiger partial charge in [-0.1, -0.05) is 43.5 Å². The van der Waals surface area contributed by atoms with Gasteiger partial charge in [-0.05, 0) is 49.8 Å². The van der Waals surface area contributed by atoms with E-state index in [4.69, 9.17) is 4.74 Å². The summed E-state index contributed by atoms with van der Waals surface area (Å²) in [5.41, 5.74) is 3.05. The molecule has 0 radical (unpaired) electrons. The molecule has 110 valence electrons. The van der Waals surface area contributed by atoms with Gasteiger partial charge in [0.25, 0.3) is 0 Å². The molecule has 1 fully saturated rings. The molecule has 0 heterocycles. The first kappa shape index (κ1) is 14.1. The minimum Gasteiger partial charge on any atom is -0.378 e. The second kappa shape index (κ2) is 7.24. The SMILES string of the molecule is c1ccc2c(c1)CCC2NCCCOC1CCCCC1. The lowest BCUT2D eigenvalue weighted by Gasteiger charge is -2.22. The van der Waals surface area contributed by atoms with Gasteiger partial charge in [-0.25, -0.2) is 0 Å². The summed E-state index contributed by atoms with van der Waals surface area (Å²) in [6, 6.07) is 9.42. The Labute approximate surface area is 122 Å². The molecule has 2 aliphatic rings. The van der Waals surface area contributed by atoms with Crippen molar-refractivity contribution in [3.63, 3.8) is 0 Å². The molecule has 2 aliphatic carbocycles. The summed E-state index contributed by atoms with van der Waals surface area (Å²) in [6.45, 7) is 2.00. The minimum absolute atomic E-state index is 0.552. The van der Waals surface area contributed by atoms with Crippen molar-refractivity contribution in [3.05, 3.63) is 35.4 Å². The molecule has 0 aromatic heterocycles. The van der Waals surface area contributed by atoms with Gasteiger partial charge in [0.1, 0.15) is 0 Å². The van der Waals surface area contributed by atoms with Crippen LogP contribution in [-0.2, 0) is 11.2 Å². The average molecular weight is 273 g/mol. The second-order valence-electron chi connectivity index (χ2n) is 6.23. The van der Waals surface area contributed by atoms with Crippen LogP contribution in [0.1, 0.15) is 62.1 Å². The summed E-state index contributed by atoms with van der Waals surface area (Å²) in [5.74, 6) is 0. The van der Waals surface area contributed by atoms with E-state index < -0.39 is 0 Å². The van der Waals surface area contributed by atoms with Crippen molar-refractivity contribution < 1.29 is 4.74 Å². The first-order valence-electron chi connectivity index (χ1n) is 8.36. The molecule has 3 rings (SSSR count). The Morgan fingerprint density at radius 1 is 1.05 bits per heavy atom. The average Bonchev–Trinajstić information content (AvgIpc) is 2.91. The summed E-state index contributed by atoms with van der Waals surface area (Å²) >= 11 is 0. The van der Waals surface area contributed by atoms with Crippen LogP contribution < -0.4 is 5.32 Å². The van der Waals surface area contributed by atoms with Crippen molar-refractivity contribution in [3.8, 4) is 0 Å². The fourth-order valence-electron chi connectivity index (χ4n) is 3.60. The van der Waals surface area contributed by atoms with Gasteiger partial charge in [-0.2, -0.15) is 0 Å². The molecule has 0 saturated heterocycles. The van der Waals surface area contributed by atoms with Gasteiger partial charge in [-0.3, -0.25) is 0 Å². The number of nitrogens with one attached hydrogen (secondary N) is 1. The lowest BCUT2D eigenvalue weighted by atomic mass is 9.98. The smallest absolute Gasteiger partial charge is 0.0575 e. The maximum atomic E-state index is 5.98. The van der Waals surface area contributed by atoms with E-state index in [2.05, 4.69) is 29.6 Å². The molecule has 1 aromatic carbocycles. The normalized spacial score (nSPS) is 22.9. The van der Waals surface area contributed by atoms with Gasteiger partial charge >= 0.3 is 0 Å². The largest absolute Gasteiger partial charge is 0.378 e. The minimum atomic E-state index is 0.552. The topological polar surface area (TPSA) is 21.3 Å². The maximum Gasteiger partial charge on any atom is 0.0575 e. The zero-order valence-electron chi connectivity index (χ0n) is 12.4. The molecule has 2 heteroatoms. The van der Waals surface area contributed by atoms with E-state index in [-0.39, 0.29) is 0 Å². The van der Waals surface area contributed by atoms with Crippen LogP contribution in [-0.4, -0.2) is 19.3 Å². The molecular formula is C18H27NO. The Morgan fingerprint density at radius 2 is 1.90 bits per heavy atom. The van der Waals surface area contributed by atoms with E-state index in [0.29, 0.717) is 12.1 Å². The predicted octanol–water partition coefficient (Wildman–Crippen LogP) is 4.00. The summed E-state index contributed by atoms with van der Waals surface area (Å²) in [5, 5.41) is 3.70. The predicted molar refractivity (Wildman–Crippen MR) is 82.9 cm³/mol. The van der Waals surface area contributed by atoms with E-state index >= 15 is 0 Å².